The topological polar surface area (TPSA) is 96.5 Å². The predicted octanol–water partition coefficient (Wildman–Crippen LogP) is 0.603. The first-order chi connectivity index (χ1) is 8.58. The molecule has 0 aromatic carbocycles. The highest BCUT2D eigenvalue weighted by Crippen LogP contribution is 2.44. The van der Waals surface area contributed by atoms with Crippen molar-refractivity contribution in [3.63, 3.8) is 0 Å². The maximum absolute atomic E-state index is 11.8. The number of amides is 1. The maximum atomic E-state index is 11.8. The molecule has 8 heteroatoms. The van der Waals surface area contributed by atoms with Crippen LogP contribution in [0.4, 0.5) is 0 Å². The molecule has 1 N–H and O–H groups in total. The van der Waals surface area contributed by atoms with Gasteiger partial charge in [-0.1, -0.05) is 5.16 Å². The Hall–Kier alpha value is -2.09. The average molecular weight is 265 g/mol. The fraction of sp³-hybridized carbons (Fsp3) is 0.200. The Morgan fingerprint density at radius 3 is 3.06 bits per heavy atom. The Balaban J connectivity index is 1.86. The second-order valence-corrected chi connectivity index (χ2v) is 4.70. The van der Waals surface area contributed by atoms with Crippen molar-refractivity contribution in [3.05, 3.63) is 28.4 Å². The average Bonchev–Trinajstić information content (AvgIpc) is 2.89. The van der Waals surface area contributed by atoms with E-state index in [-0.39, 0.29) is 17.0 Å². The number of carboxylic acid groups (broad SMARTS) is 1. The van der Waals surface area contributed by atoms with E-state index in [1.54, 1.807) is 6.92 Å². The van der Waals surface area contributed by atoms with Gasteiger partial charge in [-0.25, -0.2) is 4.79 Å². The lowest BCUT2D eigenvalue weighted by Crippen LogP contribution is -2.51. The summed E-state index contributed by atoms with van der Waals surface area (Å²) in [5.41, 5.74) is 0.491. The largest absolute Gasteiger partial charge is 0.477 e. The second kappa shape index (κ2) is 3.70. The van der Waals surface area contributed by atoms with Gasteiger partial charge in [-0.15, -0.1) is 11.8 Å². The summed E-state index contributed by atoms with van der Waals surface area (Å²) < 4.78 is 4.80. The molecule has 0 saturated carbocycles. The number of fused-ring (bicyclic) bond motifs is 1. The first-order valence-corrected chi connectivity index (χ1v) is 5.96. The minimum atomic E-state index is -1.10. The summed E-state index contributed by atoms with van der Waals surface area (Å²) in [4.78, 5) is 27.9. The van der Waals surface area contributed by atoms with Gasteiger partial charge in [-0.05, 0) is 6.08 Å². The van der Waals surface area contributed by atoms with Crippen LogP contribution in [0.15, 0.2) is 21.2 Å². The van der Waals surface area contributed by atoms with Crippen LogP contribution < -0.4 is 0 Å². The van der Waals surface area contributed by atoms with E-state index in [2.05, 4.69) is 10.1 Å². The van der Waals surface area contributed by atoms with Crippen molar-refractivity contribution < 1.29 is 19.2 Å². The van der Waals surface area contributed by atoms with Crippen LogP contribution >= 0.6 is 11.8 Å². The minimum absolute atomic E-state index is 0.0106. The van der Waals surface area contributed by atoms with Gasteiger partial charge in [0.05, 0.1) is 5.57 Å². The Morgan fingerprint density at radius 1 is 1.67 bits per heavy atom. The van der Waals surface area contributed by atoms with Gasteiger partial charge in [0.25, 0.3) is 5.91 Å². The number of aromatic nitrogens is 2. The smallest absolute Gasteiger partial charge is 0.353 e. The molecule has 2 aliphatic heterocycles. The van der Waals surface area contributed by atoms with Crippen molar-refractivity contribution in [2.24, 2.45) is 0 Å². The van der Waals surface area contributed by atoms with Crippen LogP contribution in [0, 0.1) is 6.92 Å². The van der Waals surface area contributed by atoms with Crippen molar-refractivity contribution >= 4 is 29.7 Å². The highest BCUT2D eigenvalue weighted by Gasteiger charge is 2.49. The van der Waals surface area contributed by atoms with Gasteiger partial charge >= 0.3 is 5.97 Å². The third-order valence-electron chi connectivity index (χ3n) is 2.58. The molecule has 0 spiro atoms. The highest BCUT2D eigenvalue weighted by atomic mass is 32.2. The number of aliphatic carboxylic acids is 1. The van der Waals surface area contributed by atoms with E-state index in [1.807, 2.05) is 0 Å². The first-order valence-electron chi connectivity index (χ1n) is 5.02. The van der Waals surface area contributed by atoms with Gasteiger partial charge in [0.15, 0.2) is 5.82 Å². The predicted molar refractivity (Wildman–Crippen MR) is 61.0 cm³/mol. The van der Waals surface area contributed by atoms with Gasteiger partial charge in [-0.2, -0.15) is 4.98 Å². The minimum Gasteiger partial charge on any atom is -0.477 e. The number of rotatable bonds is 2. The summed E-state index contributed by atoms with van der Waals surface area (Å²) in [7, 11) is 0. The summed E-state index contributed by atoms with van der Waals surface area (Å²) >= 11 is 1.27. The Morgan fingerprint density at radius 2 is 2.44 bits per heavy atom. The molecule has 2 aliphatic rings. The molecule has 1 aromatic rings. The second-order valence-electron chi connectivity index (χ2n) is 3.74. The molecule has 1 saturated heterocycles. The van der Waals surface area contributed by atoms with E-state index in [1.165, 1.54) is 28.1 Å². The fourth-order valence-electron chi connectivity index (χ4n) is 1.78. The Labute approximate surface area is 105 Å². The lowest BCUT2D eigenvalue weighted by Gasteiger charge is -2.36. The summed E-state index contributed by atoms with van der Waals surface area (Å²) in [6, 6.07) is 0. The van der Waals surface area contributed by atoms with Crippen molar-refractivity contribution in [3.8, 4) is 0 Å². The molecule has 1 atom stereocenters. The van der Waals surface area contributed by atoms with Gasteiger partial charge in [0, 0.05) is 12.3 Å². The van der Waals surface area contributed by atoms with Gasteiger partial charge in [-0.3, -0.25) is 9.69 Å². The zero-order valence-corrected chi connectivity index (χ0v) is 9.97. The lowest BCUT2D eigenvalue weighted by atomic mass is 10.0. The van der Waals surface area contributed by atoms with E-state index < -0.39 is 5.97 Å². The summed E-state index contributed by atoms with van der Waals surface area (Å²) in [5.74, 6) is -0.706. The zero-order chi connectivity index (χ0) is 12.9. The van der Waals surface area contributed by atoms with E-state index in [9.17, 15) is 9.59 Å². The number of β-lactam (4-membered cyclic amide) rings is 1. The van der Waals surface area contributed by atoms with Gasteiger partial charge < -0.3 is 9.63 Å². The fourth-order valence-corrected chi connectivity index (χ4v) is 2.90. The van der Waals surface area contributed by atoms with Crippen molar-refractivity contribution in [1.29, 1.82) is 0 Å². The van der Waals surface area contributed by atoms with Gasteiger partial charge in [0.2, 0.25) is 5.89 Å². The van der Waals surface area contributed by atoms with Crippen LogP contribution in [0.25, 0.3) is 6.08 Å². The monoisotopic (exact) mass is 265 g/mol. The first kappa shape index (κ1) is 11.0. The number of aryl methyl sites for hydroxylation is 1. The number of hydrogen-bond acceptors (Lipinski definition) is 6. The summed E-state index contributed by atoms with van der Waals surface area (Å²) in [5, 5.41) is 13.7. The molecule has 0 bridgehead atoms. The van der Waals surface area contributed by atoms with Crippen molar-refractivity contribution in [2.45, 2.75) is 12.3 Å². The summed E-state index contributed by atoms with van der Waals surface area (Å²) in [6.45, 7) is 1.65. The molecule has 18 heavy (non-hydrogen) atoms. The molecular formula is C10H7N3O4S. The van der Waals surface area contributed by atoms with Gasteiger partial charge in [0.1, 0.15) is 11.1 Å². The van der Waals surface area contributed by atoms with Crippen LogP contribution in [0.5, 0.6) is 0 Å². The maximum Gasteiger partial charge on any atom is 0.353 e. The molecule has 7 nitrogen and oxygen atoms in total. The van der Waals surface area contributed by atoms with Crippen LogP contribution in [0.1, 0.15) is 11.7 Å². The molecule has 0 aliphatic carbocycles. The molecule has 1 fully saturated rings. The number of carbonyl (C=O) groups is 2. The number of carboxylic acids is 1. The van der Waals surface area contributed by atoms with E-state index >= 15 is 0 Å². The third kappa shape index (κ3) is 1.46. The van der Waals surface area contributed by atoms with Crippen molar-refractivity contribution in [2.75, 3.05) is 0 Å². The van der Waals surface area contributed by atoms with Crippen LogP contribution in [0.2, 0.25) is 0 Å². The van der Waals surface area contributed by atoms with E-state index in [4.69, 9.17) is 9.63 Å². The van der Waals surface area contributed by atoms with E-state index in [0.29, 0.717) is 17.3 Å². The molecule has 1 amide bonds. The lowest BCUT2D eigenvalue weighted by molar-refractivity contribution is -0.141. The number of thioether (sulfide) groups is 1. The molecule has 0 unspecified atom stereocenters. The molecule has 0 radical (unpaired) electrons. The SMILES string of the molecule is Cc1nc(/C=C2\C(=O)N3C(C(=O)O)=CS[C@H]23)no1. The highest BCUT2D eigenvalue weighted by molar-refractivity contribution is 8.03. The number of nitrogens with zero attached hydrogens (tertiary/aromatic N) is 3. The molecule has 3 heterocycles. The Kier molecular flexibility index (Phi) is 2.27. The Bertz CT molecular complexity index is 618. The molecule has 92 valence electrons. The van der Waals surface area contributed by atoms with Crippen LogP contribution in [-0.4, -0.2) is 37.4 Å². The van der Waals surface area contributed by atoms with E-state index in [0.717, 1.165) is 0 Å². The zero-order valence-electron chi connectivity index (χ0n) is 9.15. The normalized spacial score (nSPS) is 23.9. The number of carbonyl (C=O) groups excluding carboxylic acids is 1. The van der Waals surface area contributed by atoms with Crippen LogP contribution in [0.3, 0.4) is 0 Å². The standard InChI is InChI=1S/C10H7N3O4S/c1-4-11-7(12-17-4)2-5-8(14)13-6(10(15)16)3-18-9(5)13/h2-3,9H,1H3,(H,15,16)/b5-2+/t9-/m1/s1. The molecular weight excluding hydrogens is 258 g/mol. The van der Waals surface area contributed by atoms with Crippen molar-refractivity contribution in [1.82, 2.24) is 15.0 Å². The van der Waals surface area contributed by atoms with Crippen LogP contribution in [-0.2, 0) is 9.59 Å². The quantitative estimate of drug-likeness (QED) is 0.617. The molecule has 1 aromatic heterocycles. The third-order valence-corrected chi connectivity index (χ3v) is 3.66. The molecule has 3 rings (SSSR count). The summed E-state index contributed by atoms with van der Waals surface area (Å²) in [6.07, 6.45) is 1.52. The number of hydrogen-bond donors (Lipinski definition) is 1.